The van der Waals surface area contributed by atoms with E-state index in [0.29, 0.717) is 24.3 Å². The van der Waals surface area contributed by atoms with Gasteiger partial charge in [0.2, 0.25) is 0 Å². The van der Waals surface area contributed by atoms with E-state index in [0.717, 1.165) is 17.7 Å². The molecule has 4 aliphatic rings. The van der Waals surface area contributed by atoms with Gasteiger partial charge in [-0.1, -0.05) is 0 Å². The van der Waals surface area contributed by atoms with Gasteiger partial charge in [-0.15, -0.1) is 10.2 Å². The monoisotopic (exact) mass is 329 g/mol. The van der Waals surface area contributed by atoms with Crippen LogP contribution in [0.15, 0.2) is 5.16 Å². The molecule has 0 unspecified atom stereocenters. The average Bonchev–Trinajstić information content (AvgIpc) is 2.81. The second kappa shape index (κ2) is 4.69. The fourth-order valence-corrected chi connectivity index (χ4v) is 6.34. The molecule has 0 radical (unpaired) electrons. The van der Waals surface area contributed by atoms with Crippen LogP contribution in [0.4, 0.5) is 0 Å². The Labute approximate surface area is 129 Å². The highest BCUT2D eigenvalue weighted by molar-refractivity contribution is 8.13. The van der Waals surface area contributed by atoms with Crippen molar-refractivity contribution in [3.63, 3.8) is 0 Å². The van der Waals surface area contributed by atoms with Crippen LogP contribution in [0.2, 0.25) is 0 Å². The first kappa shape index (κ1) is 14.0. The molecular formula is C14H20ClN3O2S. The summed E-state index contributed by atoms with van der Waals surface area (Å²) in [5, 5.41) is 8.05. The molecule has 7 heteroatoms. The van der Waals surface area contributed by atoms with Gasteiger partial charge in [0.05, 0.1) is 0 Å². The molecule has 5 nitrogen and oxygen atoms in total. The number of hydrogen-bond acceptors (Lipinski definition) is 4. The lowest BCUT2D eigenvalue weighted by molar-refractivity contribution is -0.00699. The van der Waals surface area contributed by atoms with Gasteiger partial charge < -0.3 is 4.57 Å². The van der Waals surface area contributed by atoms with Crippen LogP contribution in [0.3, 0.4) is 0 Å². The predicted molar refractivity (Wildman–Crippen MR) is 78.5 cm³/mol. The molecule has 0 atom stereocenters. The number of aromatic nitrogens is 3. The molecule has 21 heavy (non-hydrogen) atoms. The van der Waals surface area contributed by atoms with E-state index >= 15 is 0 Å². The van der Waals surface area contributed by atoms with Crippen LogP contribution in [0.25, 0.3) is 0 Å². The lowest BCUT2D eigenvalue weighted by Gasteiger charge is -2.54. The molecule has 0 amide bonds. The molecule has 1 aromatic heterocycles. The van der Waals surface area contributed by atoms with Crippen molar-refractivity contribution < 1.29 is 8.42 Å². The lowest BCUT2D eigenvalue weighted by Crippen LogP contribution is -2.44. The summed E-state index contributed by atoms with van der Waals surface area (Å²) in [6, 6.07) is 0. The number of halogens is 1. The van der Waals surface area contributed by atoms with Crippen molar-refractivity contribution in [2.45, 2.75) is 56.6 Å². The van der Waals surface area contributed by atoms with Crippen LogP contribution >= 0.6 is 10.7 Å². The first-order chi connectivity index (χ1) is 9.97. The highest BCUT2D eigenvalue weighted by atomic mass is 35.7. The molecule has 4 bridgehead atoms. The van der Waals surface area contributed by atoms with Gasteiger partial charge in [-0.05, 0) is 62.7 Å². The number of nitrogens with zero attached hydrogens (tertiary/aromatic N) is 3. The highest BCUT2D eigenvalue weighted by Crippen LogP contribution is 2.59. The van der Waals surface area contributed by atoms with E-state index in [9.17, 15) is 8.42 Å². The second-order valence-electron chi connectivity index (χ2n) is 6.98. The van der Waals surface area contributed by atoms with E-state index in [1.54, 1.807) is 4.57 Å². The van der Waals surface area contributed by atoms with Crippen molar-refractivity contribution in [2.75, 3.05) is 0 Å². The zero-order valence-corrected chi connectivity index (χ0v) is 13.6. The molecule has 4 aliphatic carbocycles. The first-order valence-electron chi connectivity index (χ1n) is 7.85. The van der Waals surface area contributed by atoms with Crippen LogP contribution in [-0.2, 0) is 15.6 Å². The lowest BCUT2D eigenvalue weighted by atomic mass is 9.51. The van der Waals surface area contributed by atoms with Gasteiger partial charge in [-0.3, -0.25) is 0 Å². The smallest absolute Gasteiger partial charge is 0.296 e. The molecule has 0 aliphatic heterocycles. The summed E-state index contributed by atoms with van der Waals surface area (Å²) in [6.45, 7) is 2.47. The van der Waals surface area contributed by atoms with Crippen LogP contribution in [-0.4, -0.2) is 23.2 Å². The Morgan fingerprint density at radius 1 is 1.10 bits per heavy atom. The van der Waals surface area contributed by atoms with E-state index in [4.69, 9.17) is 10.7 Å². The number of hydrogen-bond donors (Lipinski definition) is 0. The quantitative estimate of drug-likeness (QED) is 0.800. The molecule has 4 saturated carbocycles. The molecule has 1 aromatic rings. The normalized spacial score (nSPS) is 38.1. The minimum atomic E-state index is -3.83. The van der Waals surface area contributed by atoms with Gasteiger partial charge in [0.1, 0.15) is 5.82 Å². The standard InChI is InChI=1S/C14H20ClN3O2S/c1-2-18-13(16-17-14(18)21(15,19)20)12-10-4-8-3-9(6-10)7-11(12)5-8/h8-12H,2-7H2,1H3. The average molecular weight is 330 g/mol. The Balaban J connectivity index is 1.76. The molecule has 116 valence electrons. The van der Waals surface area contributed by atoms with E-state index in [-0.39, 0.29) is 5.16 Å². The molecule has 4 fully saturated rings. The maximum Gasteiger partial charge on any atom is 0.296 e. The van der Waals surface area contributed by atoms with Gasteiger partial charge >= 0.3 is 0 Å². The molecule has 0 spiro atoms. The molecule has 0 saturated heterocycles. The summed E-state index contributed by atoms with van der Waals surface area (Å²) in [6.07, 6.45) is 6.50. The van der Waals surface area contributed by atoms with Crippen molar-refractivity contribution in [2.24, 2.45) is 23.7 Å². The third-order valence-corrected chi connectivity index (χ3v) is 6.96. The van der Waals surface area contributed by atoms with Crippen molar-refractivity contribution in [3.05, 3.63) is 5.82 Å². The van der Waals surface area contributed by atoms with E-state index in [1.165, 1.54) is 32.1 Å². The van der Waals surface area contributed by atoms with Crippen molar-refractivity contribution >= 4 is 19.7 Å². The van der Waals surface area contributed by atoms with Gasteiger partial charge in [-0.25, -0.2) is 8.42 Å². The molecule has 0 aromatic carbocycles. The molecule has 0 N–H and O–H groups in total. The maximum atomic E-state index is 11.7. The molecular weight excluding hydrogens is 310 g/mol. The van der Waals surface area contributed by atoms with Gasteiger partial charge in [0, 0.05) is 23.1 Å². The molecule has 5 rings (SSSR count). The zero-order chi connectivity index (χ0) is 14.8. The Morgan fingerprint density at radius 3 is 2.14 bits per heavy atom. The van der Waals surface area contributed by atoms with Crippen molar-refractivity contribution in [1.29, 1.82) is 0 Å². The third-order valence-electron chi connectivity index (χ3n) is 5.80. The third kappa shape index (κ3) is 2.13. The van der Waals surface area contributed by atoms with Crippen LogP contribution in [0, 0.1) is 23.7 Å². The summed E-state index contributed by atoms with van der Waals surface area (Å²) in [4.78, 5) is 0. The zero-order valence-electron chi connectivity index (χ0n) is 12.1. The van der Waals surface area contributed by atoms with Gasteiger partial charge in [-0.2, -0.15) is 0 Å². The fraction of sp³-hybridized carbons (Fsp3) is 0.857. The van der Waals surface area contributed by atoms with E-state index in [2.05, 4.69) is 10.2 Å². The summed E-state index contributed by atoms with van der Waals surface area (Å²) in [5.41, 5.74) is 0. The van der Waals surface area contributed by atoms with Crippen molar-refractivity contribution in [3.8, 4) is 0 Å². The van der Waals surface area contributed by atoms with Crippen LogP contribution in [0.1, 0.15) is 50.8 Å². The summed E-state index contributed by atoms with van der Waals surface area (Å²) in [5.74, 6) is 4.31. The van der Waals surface area contributed by atoms with Crippen molar-refractivity contribution in [1.82, 2.24) is 14.8 Å². The largest absolute Gasteiger partial charge is 0.301 e. The summed E-state index contributed by atoms with van der Waals surface area (Å²) >= 11 is 0. The Morgan fingerprint density at radius 2 is 1.67 bits per heavy atom. The Kier molecular flexibility index (Phi) is 3.12. The Bertz CT molecular complexity index is 642. The van der Waals surface area contributed by atoms with Gasteiger partial charge in [0.25, 0.3) is 14.2 Å². The van der Waals surface area contributed by atoms with Crippen LogP contribution < -0.4 is 0 Å². The van der Waals surface area contributed by atoms with E-state index in [1.807, 2.05) is 6.92 Å². The SMILES string of the molecule is CCn1c(C2C3CC4CC(C3)CC2C4)nnc1S(=O)(=O)Cl. The fourth-order valence-electron chi connectivity index (χ4n) is 5.37. The maximum absolute atomic E-state index is 11.7. The summed E-state index contributed by atoms with van der Waals surface area (Å²) in [7, 11) is 1.67. The first-order valence-corrected chi connectivity index (χ1v) is 10.2. The van der Waals surface area contributed by atoms with Gasteiger partial charge in [0.15, 0.2) is 0 Å². The summed E-state index contributed by atoms with van der Waals surface area (Å²) < 4.78 is 25.0. The highest BCUT2D eigenvalue weighted by Gasteiger charge is 2.50. The minimum absolute atomic E-state index is 0.0875. The Hall–Kier alpha value is -0.620. The van der Waals surface area contributed by atoms with E-state index < -0.39 is 9.05 Å². The molecule has 1 heterocycles. The topological polar surface area (TPSA) is 64.8 Å². The number of rotatable bonds is 3. The minimum Gasteiger partial charge on any atom is -0.301 e. The van der Waals surface area contributed by atoms with Crippen LogP contribution in [0.5, 0.6) is 0 Å². The predicted octanol–water partition coefficient (Wildman–Crippen LogP) is 2.77. The second-order valence-corrected chi connectivity index (χ2v) is 9.44.